The first kappa shape index (κ1) is 21.2. The molecule has 0 atom stereocenters. The van der Waals surface area contributed by atoms with E-state index in [-0.39, 0.29) is 11.5 Å². The smallest absolute Gasteiger partial charge is 0.165 e. The van der Waals surface area contributed by atoms with Crippen LogP contribution in [-0.2, 0) is 0 Å². The number of hydrogen-bond donors (Lipinski definition) is 0. The number of unbranched alkanes of at least 4 members (excludes halogenated alkanes) is 5. The molecule has 0 saturated carbocycles. The molecule has 0 bridgehead atoms. The summed E-state index contributed by atoms with van der Waals surface area (Å²) < 4.78 is 39.3. The van der Waals surface area contributed by atoms with Crippen LogP contribution in [0.15, 0.2) is 36.4 Å². The molecule has 4 heteroatoms. The number of halogens is 2. The van der Waals surface area contributed by atoms with E-state index in [1.54, 1.807) is 24.3 Å². The Balaban J connectivity index is 1.91. The van der Waals surface area contributed by atoms with Gasteiger partial charge in [-0.15, -0.1) is 0 Å². The summed E-state index contributed by atoms with van der Waals surface area (Å²) in [6, 6.07) is 9.44. The Hall–Kier alpha value is -2.10. The van der Waals surface area contributed by atoms with Crippen molar-refractivity contribution in [2.24, 2.45) is 0 Å². The fourth-order valence-corrected chi connectivity index (χ4v) is 2.87. The van der Waals surface area contributed by atoms with Crippen LogP contribution in [0, 0.1) is 11.6 Å². The third-order valence-electron chi connectivity index (χ3n) is 4.41. The van der Waals surface area contributed by atoms with Gasteiger partial charge in [0.2, 0.25) is 0 Å². The second-order valence-corrected chi connectivity index (χ2v) is 6.76. The summed E-state index contributed by atoms with van der Waals surface area (Å²) in [6.45, 7) is 5.14. The SMILES string of the molecule is CCCCCCCCOc1ccc(-c2ccc(OCCC)c(F)c2)cc1F. The summed E-state index contributed by atoms with van der Waals surface area (Å²) in [5, 5.41) is 0. The fourth-order valence-electron chi connectivity index (χ4n) is 2.87. The molecule has 0 N–H and O–H groups in total. The maximum atomic E-state index is 14.3. The second-order valence-electron chi connectivity index (χ2n) is 6.76. The van der Waals surface area contributed by atoms with Crippen LogP contribution < -0.4 is 9.47 Å². The van der Waals surface area contributed by atoms with Gasteiger partial charge in [0.1, 0.15) is 0 Å². The molecule has 0 unspecified atom stereocenters. The van der Waals surface area contributed by atoms with Crippen molar-refractivity contribution in [2.75, 3.05) is 13.2 Å². The predicted molar refractivity (Wildman–Crippen MR) is 106 cm³/mol. The van der Waals surface area contributed by atoms with E-state index >= 15 is 0 Å². The molecule has 2 aromatic rings. The van der Waals surface area contributed by atoms with E-state index in [9.17, 15) is 8.78 Å². The Morgan fingerprint density at radius 2 is 1.15 bits per heavy atom. The topological polar surface area (TPSA) is 18.5 Å². The van der Waals surface area contributed by atoms with Crippen molar-refractivity contribution < 1.29 is 18.3 Å². The Kier molecular flexibility index (Phi) is 9.09. The summed E-state index contributed by atoms with van der Waals surface area (Å²) in [5.74, 6) is -0.398. The third-order valence-corrected chi connectivity index (χ3v) is 4.41. The highest BCUT2D eigenvalue weighted by Crippen LogP contribution is 2.29. The van der Waals surface area contributed by atoms with Crippen LogP contribution in [0.2, 0.25) is 0 Å². The summed E-state index contributed by atoms with van der Waals surface area (Å²) in [4.78, 5) is 0. The molecule has 0 radical (unpaired) electrons. The second kappa shape index (κ2) is 11.6. The van der Waals surface area contributed by atoms with Gasteiger partial charge in [-0.2, -0.15) is 0 Å². The molecular weight excluding hydrogens is 346 g/mol. The summed E-state index contributed by atoms with van der Waals surface area (Å²) >= 11 is 0. The van der Waals surface area contributed by atoms with Crippen molar-refractivity contribution in [1.29, 1.82) is 0 Å². The zero-order valence-electron chi connectivity index (χ0n) is 16.4. The lowest BCUT2D eigenvalue weighted by Crippen LogP contribution is -2.00. The Labute approximate surface area is 161 Å². The normalized spacial score (nSPS) is 10.8. The minimum Gasteiger partial charge on any atom is -0.491 e. The van der Waals surface area contributed by atoms with E-state index in [1.807, 2.05) is 6.92 Å². The van der Waals surface area contributed by atoms with E-state index in [2.05, 4.69) is 6.92 Å². The van der Waals surface area contributed by atoms with Crippen LogP contribution in [0.1, 0.15) is 58.8 Å². The van der Waals surface area contributed by atoms with Crippen molar-refractivity contribution >= 4 is 0 Å². The van der Waals surface area contributed by atoms with Crippen LogP contribution in [0.3, 0.4) is 0 Å². The lowest BCUT2D eigenvalue weighted by molar-refractivity contribution is 0.290. The average Bonchev–Trinajstić information content (AvgIpc) is 2.67. The van der Waals surface area contributed by atoms with E-state index < -0.39 is 11.6 Å². The highest BCUT2D eigenvalue weighted by molar-refractivity contribution is 5.65. The first-order valence-electron chi connectivity index (χ1n) is 10.0. The van der Waals surface area contributed by atoms with Gasteiger partial charge in [0, 0.05) is 0 Å². The van der Waals surface area contributed by atoms with Crippen molar-refractivity contribution in [2.45, 2.75) is 58.8 Å². The lowest BCUT2D eigenvalue weighted by Gasteiger charge is -2.10. The maximum Gasteiger partial charge on any atom is 0.165 e. The largest absolute Gasteiger partial charge is 0.491 e. The highest BCUT2D eigenvalue weighted by Gasteiger charge is 2.10. The molecule has 0 aliphatic heterocycles. The Morgan fingerprint density at radius 3 is 1.67 bits per heavy atom. The molecule has 27 heavy (non-hydrogen) atoms. The summed E-state index contributed by atoms with van der Waals surface area (Å²) in [6.07, 6.45) is 7.78. The summed E-state index contributed by atoms with van der Waals surface area (Å²) in [5.41, 5.74) is 1.22. The first-order chi connectivity index (χ1) is 13.2. The zero-order valence-corrected chi connectivity index (χ0v) is 16.4. The quantitative estimate of drug-likeness (QED) is 0.366. The standard InChI is InChI=1S/C23H30F2O2/c1-3-5-6-7-8-9-15-27-23-13-11-19(17-21(23)25)18-10-12-22(20(24)16-18)26-14-4-2/h10-13,16-17H,3-9,14-15H2,1-2H3. The number of rotatable bonds is 12. The minimum atomic E-state index is -0.440. The van der Waals surface area contributed by atoms with Crippen LogP contribution in [0.25, 0.3) is 11.1 Å². The third kappa shape index (κ3) is 6.85. The van der Waals surface area contributed by atoms with Crippen LogP contribution in [0.4, 0.5) is 8.78 Å². The monoisotopic (exact) mass is 376 g/mol. The van der Waals surface area contributed by atoms with Gasteiger partial charge in [-0.25, -0.2) is 8.78 Å². The average molecular weight is 376 g/mol. The molecule has 2 nitrogen and oxygen atoms in total. The van der Waals surface area contributed by atoms with Crippen LogP contribution in [0.5, 0.6) is 11.5 Å². The molecule has 0 heterocycles. The highest BCUT2D eigenvalue weighted by atomic mass is 19.1. The van der Waals surface area contributed by atoms with Crippen LogP contribution >= 0.6 is 0 Å². The molecule has 0 aromatic heterocycles. The van der Waals surface area contributed by atoms with Crippen molar-refractivity contribution in [3.8, 4) is 22.6 Å². The van der Waals surface area contributed by atoms with Crippen molar-refractivity contribution in [1.82, 2.24) is 0 Å². The van der Waals surface area contributed by atoms with Gasteiger partial charge in [-0.05, 0) is 48.2 Å². The maximum absolute atomic E-state index is 14.3. The molecule has 0 saturated heterocycles. The Morgan fingerprint density at radius 1 is 0.630 bits per heavy atom. The van der Waals surface area contributed by atoms with Crippen molar-refractivity contribution in [3.05, 3.63) is 48.0 Å². The molecule has 0 aliphatic carbocycles. The molecule has 0 spiro atoms. The minimum absolute atomic E-state index is 0.222. The van der Waals surface area contributed by atoms with Crippen molar-refractivity contribution in [3.63, 3.8) is 0 Å². The van der Waals surface area contributed by atoms with E-state index in [0.717, 1.165) is 19.3 Å². The molecular formula is C23H30F2O2. The van der Waals surface area contributed by atoms with Crippen LogP contribution in [-0.4, -0.2) is 13.2 Å². The molecule has 2 rings (SSSR count). The molecule has 148 valence electrons. The van der Waals surface area contributed by atoms with E-state index in [0.29, 0.717) is 24.3 Å². The van der Waals surface area contributed by atoms with E-state index in [4.69, 9.17) is 9.47 Å². The van der Waals surface area contributed by atoms with Gasteiger partial charge < -0.3 is 9.47 Å². The number of hydrogen-bond acceptors (Lipinski definition) is 2. The lowest BCUT2D eigenvalue weighted by atomic mass is 10.0. The zero-order chi connectivity index (χ0) is 19.5. The fraction of sp³-hybridized carbons (Fsp3) is 0.478. The van der Waals surface area contributed by atoms with E-state index in [1.165, 1.54) is 37.8 Å². The van der Waals surface area contributed by atoms with Gasteiger partial charge in [-0.1, -0.05) is 58.1 Å². The molecule has 0 fully saturated rings. The molecule has 0 aliphatic rings. The summed E-state index contributed by atoms with van der Waals surface area (Å²) in [7, 11) is 0. The first-order valence-corrected chi connectivity index (χ1v) is 10.0. The van der Waals surface area contributed by atoms with Gasteiger partial charge in [0.25, 0.3) is 0 Å². The van der Waals surface area contributed by atoms with Gasteiger partial charge in [0.05, 0.1) is 13.2 Å². The molecule has 0 amide bonds. The Bertz CT molecular complexity index is 701. The van der Waals surface area contributed by atoms with Gasteiger partial charge >= 0.3 is 0 Å². The number of ether oxygens (including phenoxy) is 2. The molecule has 2 aromatic carbocycles. The van der Waals surface area contributed by atoms with Gasteiger partial charge in [-0.3, -0.25) is 0 Å². The predicted octanol–water partition coefficient (Wildman–Crippen LogP) is 7.16. The number of benzene rings is 2. The van der Waals surface area contributed by atoms with Gasteiger partial charge in [0.15, 0.2) is 23.1 Å².